The topological polar surface area (TPSA) is 46.6 Å². The lowest BCUT2D eigenvalue weighted by Gasteiger charge is -2.32. The van der Waals surface area contributed by atoms with E-state index in [0.29, 0.717) is 19.5 Å². The van der Waals surface area contributed by atoms with E-state index in [-0.39, 0.29) is 17.8 Å². The molecule has 4 heteroatoms. The van der Waals surface area contributed by atoms with Crippen LogP contribution >= 0.6 is 0 Å². The summed E-state index contributed by atoms with van der Waals surface area (Å²) in [6, 6.07) is 0. The number of esters is 1. The first-order valence-corrected chi connectivity index (χ1v) is 6.84. The van der Waals surface area contributed by atoms with Gasteiger partial charge in [0.1, 0.15) is 5.60 Å². The molecule has 1 aliphatic rings. The Labute approximate surface area is 110 Å². The first-order chi connectivity index (χ1) is 8.33. The molecule has 0 bridgehead atoms. The second-order valence-corrected chi connectivity index (χ2v) is 5.94. The molecule has 4 nitrogen and oxygen atoms in total. The van der Waals surface area contributed by atoms with Gasteiger partial charge in [-0.2, -0.15) is 0 Å². The van der Waals surface area contributed by atoms with E-state index in [1.165, 1.54) is 0 Å². The van der Waals surface area contributed by atoms with Crippen molar-refractivity contribution in [2.45, 2.75) is 59.0 Å². The molecule has 0 aromatic heterocycles. The number of ether oxygens (including phenoxy) is 1. The van der Waals surface area contributed by atoms with Crippen LogP contribution in [0.25, 0.3) is 0 Å². The molecule has 18 heavy (non-hydrogen) atoms. The first-order valence-electron chi connectivity index (χ1n) is 6.84. The zero-order chi connectivity index (χ0) is 13.8. The predicted molar refractivity (Wildman–Crippen MR) is 70.1 cm³/mol. The Hall–Kier alpha value is -1.06. The van der Waals surface area contributed by atoms with Gasteiger partial charge in [0.15, 0.2) is 0 Å². The molecule has 0 aromatic carbocycles. The van der Waals surface area contributed by atoms with Crippen molar-refractivity contribution < 1.29 is 14.3 Å². The van der Waals surface area contributed by atoms with Gasteiger partial charge >= 0.3 is 5.97 Å². The van der Waals surface area contributed by atoms with Crippen molar-refractivity contribution in [3.63, 3.8) is 0 Å². The van der Waals surface area contributed by atoms with Crippen molar-refractivity contribution in [1.29, 1.82) is 0 Å². The smallest absolute Gasteiger partial charge is 0.309 e. The Morgan fingerprint density at radius 1 is 1.22 bits per heavy atom. The summed E-state index contributed by atoms with van der Waals surface area (Å²) in [5.74, 6) is 0.0418. The molecule has 104 valence electrons. The van der Waals surface area contributed by atoms with Gasteiger partial charge in [-0.15, -0.1) is 0 Å². The maximum atomic E-state index is 11.9. The van der Waals surface area contributed by atoms with Gasteiger partial charge in [-0.25, -0.2) is 0 Å². The number of hydrogen-bond donors (Lipinski definition) is 0. The van der Waals surface area contributed by atoms with E-state index in [0.717, 1.165) is 19.3 Å². The van der Waals surface area contributed by atoms with E-state index in [9.17, 15) is 9.59 Å². The Balaban J connectivity index is 2.39. The molecule has 1 heterocycles. The van der Waals surface area contributed by atoms with E-state index in [2.05, 4.69) is 0 Å². The quantitative estimate of drug-likeness (QED) is 0.727. The van der Waals surface area contributed by atoms with Crippen LogP contribution in [0.2, 0.25) is 0 Å². The van der Waals surface area contributed by atoms with E-state index in [4.69, 9.17) is 4.74 Å². The fraction of sp³-hybridized carbons (Fsp3) is 0.857. The molecule has 0 aromatic rings. The lowest BCUT2D eigenvalue weighted by atomic mass is 9.96. The molecule has 0 unspecified atom stereocenters. The standard InChI is InChI=1S/C14H25NO3/c1-5-6-12(16)15-9-7-11(8-10-15)13(17)18-14(2,3)4/h11H,5-10H2,1-4H3. The number of piperidine rings is 1. The van der Waals surface area contributed by atoms with Crippen molar-refractivity contribution >= 4 is 11.9 Å². The molecule has 1 saturated heterocycles. The molecular formula is C14H25NO3. The van der Waals surface area contributed by atoms with Crippen molar-refractivity contribution in [2.24, 2.45) is 5.92 Å². The Kier molecular flexibility index (Phi) is 5.17. The highest BCUT2D eigenvalue weighted by molar-refractivity contribution is 5.77. The second kappa shape index (κ2) is 6.21. The Bertz CT molecular complexity index is 299. The highest BCUT2D eigenvalue weighted by atomic mass is 16.6. The first kappa shape index (κ1) is 15.0. The van der Waals surface area contributed by atoms with Gasteiger partial charge in [-0.1, -0.05) is 6.92 Å². The largest absolute Gasteiger partial charge is 0.460 e. The van der Waals surface area contributed by atoms with Crippen LogP contribution in [-0.2, 0) is 14.3 Å². The summed E-state index contributed by atoms with van der Waals surface area (Å²) in [5, 5.41) is 0. The van der Waals surface area contributed by atoms with Crippen LogP contribution < -0.4 is 0 Å². The normalized spacial score (nSPS) is 17.7. The molecule has 0 saturated carbocycles. The number of carbonyl (C=O) groups is 2. The minimum Gasteiger partial charge on any atom is -0.460 e. The lowest BCUT2D eigenvalue weighted by molar-refractivity contribution is -0.162. The molecule has 0 N–H and O–H groups in total. The lowest BCUT2D eigenvalue weighted by Crippen LogP contribution is -2.41. The van der Waals surface area contributed by atoms with Crippen LogP contribution in [0.15, 0.2) is 0 Å². The van der Waals surface area contributed by atoms with Crippen molar-refractivity contribution in [3.05, 3.63) is 0 Å². The van der Waals surface area contributed by atoms with Gasteiger partial charge in [0.25, 0.3) is 0 Å². The van der Waals surface area contributed by atoms with E-state index in [1.54, 1.807) is 0 Å². The van der Waals surface area contributed by atoms with Crippen LogP contribution in [0.3, 0.4) is 0 Å². The summed E-state index contributed by atoms with van der Waals surface area (Å²) < 4.78 is 5.38. The summed E-state index contributed by atoms with van der Waals surface area (Å²) in [4.78, 5) is 25.5. The van der Waals surface area contributed by atoms with Crippen LogP contribution in [-0.4, -0.2) is 35.5 Å². The molecule has 1 aliphatic heterocycles. The minimum atomic E-state index is -0.424. The fourth-order valence-corrected chi connectivity index (χ4v) is 2.12. The van der Waals surface area contributed by atoms with Crippen LogP contribution in [0, 0.1) is 5.92 Å². The fourth-order valence-electron chi connectivity index (χ4n) is 2.12. The average Bonchev–Trinajstić information content (AvgIpc) is 2.27. The third-order valence-corrected chi connectivity index (χ3v) is 3.05. The number of hydrogen-bond acceptors (Lipinski definition) is 3. The molecule has 0 atom stereocenters. The van der Waals surface area contributed by atoms with Gasteiger partial charge in [-0.05, 0) is 40.0 Å². The van der Waals surface area contributed by atoms with Crippen molar-refractivity contribution in [2.75, 3.05) is 13.1 Å². The third-order valence-electron chi connectivity index (χ3n) is 3.05. The second-order valence-electron chi connectivity index (χ2n) is 5.94. The van der Waals surface area contributed by atoms with E-state index < -0.39 is 5.60 Å². The van der Waals surface area contributed by atoms with Gasteiger partial charge in [0.05, 0.1) is 5.92 Å². The van der Waals surface area contributed by atoms with Gasteiger partial charge in [0, 0.05) is 19.5 Å². The Morgan fingerprint density at radius 2 is 1.78 bits per heavy atom. The van der Waals surface area contributed by atoms with Crippen LogP contribution in [0.5, 0.6) is 0 Å². The summed E-state index contributed by atoms with van der Waals surface area (Å²) in [5.41, 5.74) is -0.424. The van der Waals surface area contributed by atoms with Crippen molar-refractivity contribution in [1.82, 2.24) is 4.90 Å². The molecule has 1 amide bonds. The molecule has 0 radical (unpaired) electrons. The summed E-state index contributed by atoms with van der Waals surface area (Å²) >= 11 is 0. The zero-order valence-electron chi connectivity index (χ0n) is 12.0. The van der Waals surface area contributed by atoms with E-state index >= 15 is 0 Å². The summed E-state index contributed by atoms with van der Waals surface area (Å²) in [6.45, 7) is 9.01. The molecular weight excluding hydrogens is 230 g/mol. The molecule has 1 rings (SSSR count). The van der Waals surface area contributed by atoms with E-state index in [1.807, 2.05) is 32.6 Å². The van der Waals surface area contributed by atoms with Gasteiger partial charge < -0.3 is 9.64 Å². The number of rotatable bonds is 3. The van der Waals surface area contributed by atoms with Gasteiger partial charge in [-0.3, -0.25) is 9.59 Å². The predicted octanol–water partition coefficient (Wildman–Crippen LogP) is 2.37. The average molecular weight is 255 g/mol. The monoisotopic (exact) mass is 255 g/mol. The highest BCUT2D eigenvalue weighted by Crippen LogP contribution is 2.22. The number of likely N-dealkylation sites (tertiary alicyclic amines) is 1. The Morgan fingerprint density at radius 3 is 2.22 bits per heavy atom. The maximum Gasteiger partial charge on any atom is 0.309 e. The summed E-state index contributed by atoms with van der Waals surface area (Å²) in [6.07, 6.45) is 2.94. The van der Waals surface area contributed by atoms with Crippen LogP contribution in [0.4, 0.5) is 0 Å². The minimum absolute atomic E-state index is 0.0464. The third kappa shape index (κ3) is 4.67. The number of amides is 1. The molecule has 0 aliphatic carbocycles. The van der Waals surface area contributed by atoms with Crippen LogP contribution in [0.1, 0.15) is 53.4 Å². The SMILES string of the molecule is CCCC(=O)N1CCC(C(=O)OC(C)(C)C)CC1. The number of nitrogens with zero attached hydrogens (tertiary/aromatic N) is 1. The maximum absolute atomic E-state index is 11.9. The highest BCUT2D eigenvalue weighted by Gasteiger charge is 2.30. The summed E-state index contributed by atoms with van der Waals surface area (Å²) in [7, 11) is 0. The van der Waals surface area contributed by atoms with Crippen molar-refractivity contribution in [3.8, 4) is 0 Å². The molecule has 1 fully saturated rings. The number of carbonyl (C=O) groups excluding carboxylic acids is 2. The van der Waals surface area contributed by atoms with Gasteiger partial charge in [0.2, 0.25) is 5.91 Å². The zero-order valence-corrected chi connectivity index (χ0v) is 12.0. The molecule has 0 spiro atoms.